The highest BCUT2D eigenvalue weighted by molar-refractivity contribution is 14.1. The second-order valence-electron chi connectivity index (χ2n) is 2.83. The van der Waals surface area contributed by atoms with Gasteiger partial charge in [-0.1, -0.05) is 0 Å². The smallest absolute Gasteiger partial charge is 0.273 e. The van der Waals surface area contributed by atoms with Crippen LogP contribution >= 0.6 is 22.6 Å². The van der Waals surface area contributed by atoms with Gasteiger partial charge in [0.15, 0.2) is 0 Å². The van der Waals surface area contributed by atoms with Crippen LogP contribution in [-0.4, -0.2) is 12.3 Å². The molecule has 0 N–H and O–H groups in total. The first-order chi connectivity index (χ1) is 7.29. The van der Waals surface area contributed by atoms with Crippen molar-refractivity contribution in [2.45, 2.75) is 13.3 Å². The number of benzene rings is 1. The van der Waals surface area contributed by atoms with Crippen molar-refractivity contribution in [3.63, 3.8) is 0 Å². The molecule has 1 aromatic carbocycles. The summed E-state index contributed by atoms with van der Waals surface area (Å²) < 4.78 is 36.9. The van der Waals surface area contributed by atoms with Crippen LogP contribution in [0.2, 0.25) is 0 Å². The SMILES string of the molecule is CC(=O)N(OC(F)(F)F)c1ccc(I)cc1. The fraction of sp³-hybridized carbons (Fsp3) is 0.222. The number of alkyl halides is 3. The number of amides is 1. The molecule has 0 bridgehead atoms. The zero-order valence-electron chi connectivity index (χ0n) is 8.08. The first-order valence-corrected chi connectivity index (χ1v) is 5.19. The molecule has 0 aliphatic heterocycles. The summed E-state index contributed by atoms with van der Waals surface area (Å²) in [6, 6.07) is 5.89. The molecular formula is C9H7F3INO2. The number of hydrogen-bond donors (Lipinski definition) is 0. The number of nitrogens with zero attached hydrogens (tertiary/aromatic N) is 1. The topological polar surface area (TPSA) is 29.5 Å². The largest absolute Gasteiger partial charge is 0.544 e. The highest BCUT2D eigenvalue weighted by atomic mass is 127. The Kier molecular flexibility index (Phi) is 4.14. The van der Waals surface area contributed by atoms with Gasteiger partial charge in [0, 0.05) is 10.5 Å². The van der Waals surface area contributed by atoms with Crippen LogP contribution in [0.5, 0.6) is 0 Å². The maximum atomic E-state index is 12.0. The Labute approximate surface area is 103 Å². The zero-order chi connectivity index (χ0) is 12.3. The summed E-state index contributed by atoms with van der Waals surface area (Å²) in [6.07, 6.45) is -4.89. The molecule has 0 aliphatic rings. The number of rotatable bonds is 2. The number of hydroxylamine groups is 1. The van der Waals surface area contributed by atoms with Gasteiger partial charge in [0.25, 0.3) is 0 Å². The van der Waals surface area contributed by atoms with Crippen LogP contribution in [0, 0.1) is 3.57 Å². The molecule has 0 saturated heterocycles. The molecule has 0 saturated carbocycles. The summed E-state index contributed by atoms with van der Waals surface area (Å²) >= 11 is 2.00. The molecule has 0 radical (unpaired) electrons. The fourth-order valence-electron chi connectivity index (χ4n) is 0.979. The summed E-state index contributed by atoms with van der Waals surface area (Å²) in [4.78, 5) is 14.6. The van der Waals surface area contributed by atoms with Crippen LogP contribution in [0.1, 0.15) is 6.92 Å². The third-order valence-electron chi connectivity index (χ3n) is 1.54. The number of anilines is 1. The molecule has 88 valence electrons. The molecule has 0 atom stereocenters. The van der Waals surface area contributed by atoms with Crippen LogP contribution < -0.4 is 5.06 Å². The Morgan fingerprint density at radius 1 is 1.31 bits per heavy atom. The van der Waals surface area contributed by atoms with E-state index in [-0.39, 0.29) is 10.8 Å². The van der Waals surface area contributed by atoms with E-state index in [4.69, 9.17) is 0 Å². The van der Waals surface area contributed by atoms with Crippen molar-refractivity contribution in [1.82, 2.24) is 0 Å². The molecule has 1 amide bonds. The highest BCUT2D eigenvalue weighted by Gasteiger charge is 2.35. The van der Waals surface area contributed by atoms with Gasteiger partial charge < -0.3 is 0 Å². The minimum atomic E-state index is -4.89. The predicted molar refractivity (Wildman–Crippen MR) is 59.5 cm³/mol. The van der Waals surface area contributed by atoms with Gasteiger partial charge in [-0.25, -0.2) is 0 Å². The Bertz CT molecular complexity index is 377. The Morgan fingerprint density at radius 3 is 2.19 bits per heavy atom. The van der Waals surface area contributed by atoms with Gasteiger partial charge in [0.05, 0.1) is 5.69 Å². The van der Waals surface area contributed by atoms with Gasteiger partial charge in [0.2, 0.25) is 5.91 Å². The van der Waals surface area contributed by atoms with Crippen LogP contribution in [0.25, 0.3) is 0 Å². The van der Waals surface area contributed by atoms with Crippen molar-refractivity contribution in [3.8, 4) is 0 Å². The van der Waals surface area contributed by atoms with Gasteiger partial charge in [0.1, 0.15) is 0 Å². The quantitative estimate of drug-likeness (QED) is 0.609. The van der Waals surface area contributed by atoms with Crippen molar-refractivity contribution in [3.05, 3.63) is 27.8 Å². The predicted octanol–water partition coefficient (Wildman–Crippen LogP) is 3.10. The maximum Gasteiger partial charge on any atom is 0.544 e. The van der Waals surface area contributed by atoms with Crippen molar-refractivity contribution in [2.24, 2.45) is 0 Å². The first-order valence-electron chi connectivity index (χ1n) is 4.12. The standard InChI is InChI=1S/C9H7F3INO2/c1-6(15)14(16-9(10,11)12)8-4-2-7(13)3-5-8/h2-5H,1H3. The van der Waals surface area contributed by atoms with Gasteiger partial charge in [-0.05, 0) is 46.9 Å². The van der Waals surface area contributed by atoms with E-state index in [9.17, 15) is 18.0 Å². The molecule has 1 rings (SSSR count). The third-order valence-corrected chi connectivity index (χ3v) is 2.26. The summed E-state index contributed by atoms with van der Waals surface area (Å²) in [5.74, 6) is -0.849. The highest BCUT2D eigenvalue weighted by Crippen LogP contribution is 2.24. The summed E-state index contributed by atoms with van der Waals surface area (Å²) in [6.45, 7) is 0.990. The Hall–Kier alpha value is -0.830. The van der Waals surface area contributed by atoms with Gasteiger partial charge in [-0.3, -0.25) is 4.79 Å². The lowest BCUT2D eigenvalue weighted by Gasteiger charge is -2.21. The van der Waals surface area contributed by atoms with Crippen LogP contribution in [0.3, 0.4) is 0 Å². The second kappa shape index (κ2) is 5.00. The van der Waals surface area contributed by atoms with Crippen molar-refractivity contribution in [1.29, 1.82) is 0 Å². The van der Waals surface area contributed by atoms with E-state index in [1.807, 2.05) is 22.6 Å². The Balaban J connectivity index is 2.94. The van der Waals surface area contributed by atoms with E-state index in [1.54, 1.807) is 12.1 Å². The third kappa shape index (κ3) is 3.97. The monoisotopic (exact) mass is 345 g/mol. The van der Waals surface area contributed by atoms with E-state index in [0.717, 1.165) is 10.5 Å². The molecule has 0 fully saturated rings. The van der Waals surface area contributed by atoms with Crippen molar-refractivity contribution in [2.75, 3.05) is 5.06 Å². The van der Waals surface area contributed by atoms with E-state index >= 15 is 0 Å². The summed E-state index contributed by atoms with van der Waals surface area (Å²) in [5.41, 5.74) is 0.0326. The average molecular weight is 345 g/mol. The lowest BCUT2D eigenvalue weighted by atomic mass is 10.3. The molecule has 16 heavy (non-hydrogen) atoms. The van der Waals surface area contributed by atoms with Crippen molar-refractivity contribution < 1.29 is 22.8 Å². The lowest BCUT2D eigenvalue weighted by molar-refractivity contribution is -0.327. The minimum Gasteiger partial charge on any atom is -0.273 e. The first kappa shape index (κ1) is 13.2. The Morgan fingerprint density at radius 2 is 1.81 bits per heavy atom. The van der Waals surface area contributed by atoms with Gasteiger partial charge >= 0.3 is 6.36 Å². The number of halogens is 4. The molecule has 3 nitrogen and oxygen atoms in total. The van der Waals surface area contributed by atoms with Gasteiger partial charge in [-0.15, -0.1) is 13.2 Å². The molecule has 0 aromatic heterocycles. The van der Waals surface area contributed by atoms with Crippen molar-refractivity contribution >= 4 is 34.2 Å². The van der Waals surface area contributed by atoms with Crippen LogP contribution in [0.15, 0.2) is 24.3 Å². The average Bonchev–Trinajstić information content (AvgIpc) is 2.14. The molecular weight excluding hydrogens is 338 g/mol. The van der Waals surface area contributed by atoms with E-state index in [2.05, 4.69) is 4.84 Å². The fourth-order valence-corrected chi connectivity index (χ4v) is 1.34. The lowest BCUT2D eigenvalue weighted by Crippen LogP contribution is -2.35. The second-order valence-corrected chi connectivity index (χ2v) is 4.07. The maximum absolute atomic E-state index is 12.0. The van der Waals surface area contributed by atoms with Gasteiger partial charge in [-0.2, -0.15) is 9.90 Å². The number of carbonyl (C=O) groups excluding carboxylic acids is 1. The van der Waals surface area contributed by atoms with Crippen LogP contribution in [-0.2, 0) is 9.63 Å². The minimum absolute atomic E-state index is 0.0326. The zero-order valence-corrected chi connectivity index (χ0v) is 10.2. The molecule has 0 heterocycles. The molecule has 0 aliphatic carbocycles. The molecule has 1 aromatic rings. The van der Waals surface area contributed by atoms with E-state index in [1.165, 1.54) is 12.1 Å². The van der Waals surface area contributed by atoms with E-state index < -0.39 is 12.3 Å². The number of carbonyl (C=O) groups is 1. The normalized spacial score (nSPS) is 11.3. The van der Waals surface area contributed by atoms with E-state index in [0.29, 0.717) is 0 Å². The molecule has 0 spiro atoms. The number of hydrogen-bond acceptors (Lipinski definition) is 2. The molecule has 7 heteroatoms. The molecule has 0 unspecified atom stereocenters. The summed E-state index contributed by atoms with van der Waals surface area (Å²) in [5, 5.41) is 0.204. The summed E-state index contributed by atoms with van der Waals surface area (Å²) in [7, 11) is 0. The van der Waals surface area contributed by atoms with Crippen LogP contribution in [0.4, 0.5) is 18.9 Å².